The zero-order chi connectivity index (χ0) is 16.8. The van der Waals surface area contributed by atoms with Crippen molar-refractivity contribution in [2.75, 3.05) is 0 Å². The number of ether oxygens (including phenoxy) is 1. The smallest absolute Gasteiger partial charge is 0.313 e. The van der Waals surface area contributed by atoms with Gasteiger partial charge in [-0.2, -0.15) is 0 Å². The Balaban J connectivity index is 1.63. The van der Waals surface area contributed by atoms with Crippen LogP contribution in [0.5, 0.6) is 0 Å². The first-order valence-electron chi connectivity index (χ1n) is 7.87. The normalized spacial score (nSPS) is 11.9. The largest absolute Gasteiger partial charge is 0.455 e. The van der Waals surface area contributed by atoms with E-state index in [1.807, 2.05) is 67.6 Å². The van der Waals surface area contributed by atoms with Crippen molar-refractivity contribution < 1.29 is 13.9 Å². The second-order valence-electron chi connectivity index (χ2n) is 5.35. The van der Waals surface area contributed by atoms with E-state index in [0.29, 0.717) is 12.3 Å². The van der Waals surface area contributed by atoms with Crippen molar-refractivity contribution in [1.29, 1.82) is 0 Å². The Morgan fingerprint density at radius 3 is 2.38 bits per heavy atom. The zero-order valence-corrected chi connectivity index (χ0v) is 13.4. The summed E-state index contributed by atoms with van der Waals surface area (Å²) in [7, 11) is 0. The molecule has 0 aliphatic heterocycles. The van der Waals surface area contributed by atoms with E-state index in [1.54, 1.807) is 0 Å². The van der Waals surface area contributed by atoms with Gasteiger partial charge in [-0.3, -0.25) is 4.79 Å². The Labute approximate surface area is 140 Å². The van der Waals surface area contributed by atoms with Crippen molar-refractivity contribution in [3.63, 3.8) is 0 Å². The minimum atomic E-state index is -0.289. The summed E-state index contributed by atoms with van der Waals surface area (Å²) < 4.78 is 10.9. The average Bonchev–Trinajstić information content (AvgIpc) is 3.11. The lowest BCUT2D eigenvalue weighted by Gasteiger charge is -2.13. The van der Waals surface area contributed by atoms with Crippen LogP contribution in [0.3, 0.4) is 0 Å². The molecule has 0 aliphatic carbocycles. The molecule has 0 saturated carbocycles. The van der Waals surface area contributed by atoms with E-state index in [2.05, 4.69) is 10.2 Å². The molecule has 5 heteroatoms. The molecule has 0 aliphatic rings. The standard InChI is InChI=1S/C19H18N2O3/c1-2-16(14-9-5-3-6-10-14)19(22)23-13-17-20-21-18(24-17)15-11-7-4-8-12-15/h3-12,16H,2,13H2,1H3. The topological polar surface area (TPSA) is 65.2 Å². The molecule has 0 spiro atoms. The van der Waals surface area contributed by atoms with E-state index in [4.69, 9.17) is 9.15 Å². The minimum Gasteiger partial charge on any atom is -0.455 e. The molecule has 1 heterocycles. The van der Waals surface area contributed by atoms with Crippen LogP contribution in [0.1, 0.15) is 30.7 Å². The van der Waals surface area contributed by atoms with Gasteiger partial charge in [-0.15, -0.1) is 10.2 Å². The summed E-state index contributed by atoms with van der Waals surface area (Å²) in [5.41, 5.74) is 1.78. The van der Waals surface area contributed by atoms with Crippen LogP contribution in [-0.4, -0.2) is 16.2 Å². The Kier molecular flexibility index (Phi) is 5.01. The van der Waals surface area contributed by atoms with E-state index >= 15 is 0 Å². The molecule has 5 nitrogen and oxygen atoms in total. The Morgan fingerprint density at radius 2 is 1.71 bits per heavy atom. The maximum atomic E-state index is 12.3. The molecular weight excluding hydrogens is 304 g/mol. The highest BCUT2D eigenvalue weighted by atomic mass is 16.5. The Bertz CT molecular complexity index is 785. The van der Waals surface area contributed by atoms with Gasteiger partial charge in [-0.25, -0.2) is 0 Å². The van der Waals surface area contributed by atoms with Crippen molar-refractivity contribution in [3.8, 4) is 11.5 Å². The zero-order valence-electron chi connectivity index (χ0n) is 13.4. The Morgan fingerprint density at radius 1 is 1.04 bits per heavy atom. The fourth-order valence-corrected chi connectivity index (χ4v) is 2.47. The van der Waals surface area contributed by atoms with Crippen LogP contribution in [0.4, 0.5) is 0 Å². The van der Waals surface area contributed by atoms with Gasteiger partial charge in [0.25, 0.3) is 5.89 Å². The van der Waals surface area contributed by atoms with Crippen LogP contribution in [0.15, 0.2) is 65.1 Å². The molecule has 2 aromatic carbocycles. The number of aromatic nitrogens is 2. The van der Waals surface area contributed by atoms with Gasteiger partial charge in [0.1, 0.15) is 0 Å². The van der Waals surface area contributed by atoms with Crippen molar-refractivity contribution in [1.82, 2.24) is 10.2 Å². The first-order valence-corrected chi connectivity index (χ1v) is 7.87. The third-order valence-corrected chi connectivity index (χ3v) is 3.72. The third kappa shape index (κ3) is 3.68. The highest BCUT2D eigenvalue weighted by molar-refractivity contribution is 5.78. The lowest BCUT2D eigenvalue weighted by atomic mass is 9.97. The van der Waals surface area contributed by atoms with Gasteiger partial charge in [0.15, 0.2) is 6.61 Å². The number of hydrogen-bond acceptors (Lipinski definition) is 5. The average molecular weight is 322 g/mol. The van der Waals surface area contributed by atoms with Crippen LogP contribution in [0, 0.1) is 0 Å². The minimum absolute atomic E-state index is 0.0258. The number of rotatable bonds is 6. The molecule has 0 radical (unpaired) electrons. The summed E-state index contributed by atoms with van der Waals surface area (Å²) in [4.78, 5) is 12.3. The van der Waals surface area contributed by atoms with Gasteiger partial charge in [0, 0.05) is 5.56 Å². The van der Waals surface area contributed by atoms with E-state index in [0.717, 1.165) is 11.1 Å². The molecule has 122 valence electrons. The van der Waals surface area contributed by atoms with Crippen LogP contribution in [0.2, 0.25) is 0 Å². The van der Waals surface area contributed by atoms with Gasteiger partial charge in [-0.05, 0) is 24.1 Å². The maximum Gasteiger partial charge on any atom is 0.313 e. The molecule has 3 rings (SSSR count). The molecule has 1 atom stereocenters. The van der Waals surface area contributed by atoms with Crippen LogP contribution in [0.25, 0.3) is 11.5 Å². The predicted octanol–water partition coefficient (Wildman–Crippen LogP) is 3.97. The molecule has 0 fully saturated rings. The summed E-state index contributed by atoms with van der Waals surface area (Å²) in [5.74, 6) is 0.118. The number of esters is 1. The highest BCUT2D eigenvalue weighted by Crippen LogP contribution is 2.22. The van der Waals surface area contributed by atoms with Crippen molar-refractivity contribution in [2.24, 2.45) is 0 Å². The second-order valence-corrected chi connectivity index (χ2v) is 5.35. The summed E-state index contributed by atoms with van der Waals surface area (Å²) in [5, 5.41) is 7.91. The molecule has 1 aromatic heterocycles. The van der Waals surface area contributed by atoms with Gasteiger partial charge < -0.3 is 9.15 Å². The molecule has 0 bridgehead atoms. The molecule has 0 N–H and O–H groups in total. The summed E-state index contributed by atoms with van der Waals surface area (Å²) in [6.07, 6.45) is 0.669. The van der Waals surface area contributed by atoms with Gasteiger partial charge in [-0.1, -0.05) is 55.5 Å². The lowest BCUT2D eigenvalue weighted by Crippen LogP contribution is -2.15. The summed E-state index contributed by atoms with van der Waals surface area (Å²) >= 11 is 0. The SMILES string of the molecule is CCC(C(=O)OCc1nnc(-c2ccccc2)o1)c1ccccc1. The van der Waals surface area contributed by atoms with E-state index in [9.17, 15) is 4.79 Å². The van der Waals surface area contributed by atoms with E-state index in [1.165, 1.54) is 0 Å². The van der Waals surface area contributed by atoms with Crippen molar-refractivity contribution >= 4 is 5.97 Å². The van der Waals surface area contributed by atoms with Gasteiger partial charge in [0.05, 0.1) is 5.92 Å². The number of carbonyl (C=O) groups excluding carboxylic acids is 1. The van der Waals surface area contributed by atoms with Gasteiger partial charge in [0.2, 0.25) is 5.89 Å². The number of benzene rings is 2. The summed E-state index contributed by atoms with van der Waals surface area (Å²) in [6, 6.07) is 19.1. The molecule has 3 aromatic rings. The predicted molar refractivity (Wildman–Crippen MR) is 89.0 cm³/mol. The maximum absolute atomic E-state index is 12.3. The molecule has 0 saturated heterocycles. The van der Waals surface area contributed by atoms with E-state index < -0.39 is 0 Å². The van der Waals surface area contributed by atoms with E-state index in [-0.39, 0.29) is 24.4 Å². The second kappa shape index (κ2) is 7.55. The molecule has 0 amide bonds. The van der Waals surface area contributed by atoms with Crippen LogP contribution < -0.4 is 0 Å². The summed E-state index contributed by atoms with van der Waals surface area (Å²) in [6.45, 7) is 1.93. The first kappa shape index (κ1) is 15.9. The first-order chi connectivity index (χ1) is 11.8. The fourth-order valence-electron chi connectivity index (χ4n) is 2.47. The lowest BCUT2D eigenvalue weighted by molar-refractivity contribution is -0.147. The van der Waals surface area contributed by atoms with Gasteiger partial charge >= 0.3 is 5.97 Å². The highest BCUT2D eigenvalue weighted by Gasteiger charge is 2.21. The van der Waals surface area contributed by atoms with Crippen molar-refractivity contribution in [3.05, 3.63) is 72.1 Å². The fraction of sp³-hybridized carbons (Fsp3) is 0.211. The number of hydrogen-bond donors (Lipinski definition) is 0. The number of carbonyl (C=O) groups is 1. The quantitative estimate of drug-likeness (QED) is 0.642. The Hall–Kier alpha value is -2.95. The number of nitrogens with zero attached hydrogens (tertiary/aromatic N) is 2. The van der Waals surface area contributed by atoms with Crippen LogP contribution in [-0.2, 0) is 16.1 Å². The molecular formula is C19H18N2O3. The van der Waals surface area contributed by atoms with Crippen LogP contribution >= 0.6 is 0 Å². The monoisotopic (exact) mass is 322 g/mol. The molecule has 1 unspecified atom stereocenters. The molecule has 24 heavy (non-hydrogen) atoms. The third-order valence-electron chi connectivity index (χ3n) is 3.72. The van der Waals surface area contributed by atoms with Crippen molar-refractivity contribution in [2.45, 2.75) is 25.9 Å².